The Morgan fingerprint density at radius 2 is 1.77 bits per heavy atom. The summed E-state index contributed by atoms with van der Waals surface area (Å²) < 4.78 is 5.35. The third-order valence-electron chi connectivity index (χ3n) is 4.58. The maximum atomic E-state index is 12.4. The summed E-state index contributed by atoms with van der Waals surface area (Å²) in [6.07, 6.45) is 1.33. The van der Waals surface area contributed by atoms with Gasteiger partial charge < -0.3 is 14.8 Å². The van der Waals surface area contributed by atoms with Crippen molar-refractivity contribution in [2.24, 2.45) is 0 Å². The van der Waals surface area contributed by atoms with Gasteiger partial charge in [0.05, 0.1) is 0 Å². The quantitative estimate of drug-likeness (QED) is 0.511. The van der Waals surface area contributed by atoms with Gasteiger partial charge in [-0.05, 0) is 38.0 Å². The molecule has 0 spiro atoms. The number of carbonyl (C=O) groups is 2. The maximum Gasteiger partial charge on any atom is 0.422 e. The van der Waals surface area contributed by atoms with Crippen LogP contribution in [-0.2, 0) is 22.5 Å². The number of carboxylic acid groups (broad SMARTS) is 1. The molecule has 0 aliphatic heterocycles. The van der Waals surface area contributed by atoms with Crippen LogP contribution < -0.4 is 5.43 Å². The lowest BCUT2D eigenvalue weighted by atomic mass is 10.0. The fourth-order valence-corrected chi connectivity index (χ4v) is 3.27. The van der Waals surface area contributed by atoms with Crippen molar-refractivity contribution in [1.82, 2.24) is 15.4 Å². The van der Waals surface area contributed by atoms with Crippen molar-refractivity contribution in [3.8, 4) is 0 Å². The van der Waals surface area contributed by atoms with Gasteiger partial charge in [0, 0.05) is 30.1 Å². The summed E-state index contributed by atoms with van der Waals surface area (Å²) in [6, 6.07) is 16.1. The van der Waals surface area contributed by atoms with Crippen molar-refractivity contribution in [2.45, 2.75) is 45.4 Å². The van der Waals surface area contributed by atoms with Gasteiger partial charge in [-0.2, -0.15) is 5.01 Å². The molecule has 1 heterocycles. The summed E-state index contributed by atoms with van der Waals surface area (Å²) in [6.45, 7) is 5.50. The van der Waals surface area contributed by atoms with Crippen molar-refractivity contribution < 1.29 is 19.4 Å². The van der Waals surface area contributed by atoms with Gasteiger partial charge >= 0.3 is 12.1 Å². The molecule has 0 radical (unpaired) electrons. The lowest BCUT2D eigenvalue weighted by molar-refractivity contribution is -0.144. The molecular weight excluding hydrogens is 382 g/mol. The number of carbonyl (C=O) groups excluding carboxylic acids is 1. The van der Waals surface area contributed by atoms with Crippen LogP contribution in [0.1, 0.15) is 31.9 Å². The fourth-order valence-electron chi connectivity index (χ4n) is 3.27. The van der Waals surface area contributed by atoms with E-state index in [1.807, 2.05) is 60.8 Å². The number of hydrazine groups is 1. The van der Waals surface area contributed by atoms with Crippen LogP contribution in [-0.4, -0.2) is 38.8 Å². The molecule has 1 amide bonds. The molecule has 0 saturated heterocycles. The lowest BCUT2D eigenvalue weighted by Crippen LogP contribution is -2.53. The molecule has 7 nitrogen and oxygen atoms in total. The maximum absolute atomic E-state index is 12.4. The Morgan fingerprint density at radius 3 is 2.43 bits per heavy atom. The van der Waals surface area contributed by atoms with Gasteiger partial charge in [-0.15, -0.1) is 0 Å². The zero-order valence-electron chi connectivity index (χ0n) is 17.4. The van der Waals surface area contributed by atoms with Crippen molar-refractivity contribution >= 4 is 23.0 Å². The van der Waals surface area contributed by atoms with E-state index in [0.29, 0.717) is 0 Å². The number of para-hydroxylation sites is 1. The Bertz CT molecular complexity index is 1010. The van der Waals surface area contributed by atoms with E-state index in [9.17, 15) is 14.7 Å². The van der Waals surface area contributed by atoms with Gasteiger partial charge in [0.1, 0.15) is 11.6 Å². The normalized spacial score (nSPS) is 12.7. The third kappa shape index (κ3) is 5.61. The lowest BCUT2D eigenvalue weighted by Gasteiger charge is -2.30. The second-order valence-electron chi connectivity index (χ2n) is 8.14. The number of amides is 1. The molecule has 1 unspecified atom stereocenters. The van der Waals surface area contributed by atoms with E-state index in [0.717, 1.165) is 22.0 Å². The van der Waals surface area contributed by atoms with Crippen molar-refractivity contribution in [3.63, 3.8) is 0 Å². The number of H-pyrrole nitrogens is 1. The number of hydrogen-bond acceptors (Lipinski definition) is 4. The molecule has 0 aliphatic carbocycles. The predicted molar refractivity (Wildman–Crippen MR) is 115 cm³/mol. The van der Waals surface area contributed by atoms with Gasteiger partial charge in [-0.1, -0.05) is 48.5 Å². The smallest absolute Gasteiger partial charge is 0.422 e. The Kier molecular flexibility index (Phi) is 6.42. The molecular formula is C23H27N3O4. The monoisotopic (exact) mass is 409 g/mol. The second kappa shape index (κ2) is 9.00. The molecule has 2 aromatic carbocycles. The molecule has 0 bridgehead atoms. The van der Waals surface area contributed by atoms with Crippen molar-refractivity contribution in [1.29, 1.82) is 0 Å². The minimum absolute atomic E-state index is 0.210. The highest BCUT2D eigenvalue weighted by Gasteiger charge is 2.30. The summed E-state index contributed by atoms with van der Waals surface area (Å²) in [4.78, 5) is 27.8. The topological polar surface area (TPSA) is 94.7 Å². The molecule has 0 fully saturated rings. The number of nitrogens with zero attached hydrogens (tertiary/aromatic N) is 1. The number of aliphatic carboxylic acids is 1. The Hall–Kier alpha value is -3.32. The van der Waals surface area contributed by atoms with E-state index >= 15 is 0 Å². The summed E-state index contributed by atoms with van der Waals surface area (Å²) in [5, 5.41) is 12.4. The molecule has 0 saturated carbocycles. The number of nitrogens with one attached hydrogen (secondary N) is 2. The van der Waals surface area contributed by atoms with E-state index in [1.54, 1.807) is 20.8 Å². The first-order chi connectivity index (χ1) is 14.2. The Balaban J connectivity index is 1.88. The van der Waals surface area contributed by atoms with E-state index in [1.165, 1.54) is 5.01 Å². The molecule has 158 valence electrons. The first-order valence-electron chi connectivity index (χ1n) is 9.81. The van der Waals surface area contributed by atoms with E-state index < -0.39 is 23.7 Å². The summed E-state index contributed by atoms with van der Waals surface area (Å²) in [5.41, 5.74) is 4.62. The van der Waals surface area contributed by atoms with E-state index in [2.05, 4.69) is 10.4 Å². The number of benzene rings is 2. The Morgan fingerprint density at radius 1 is 1.10 bits per heavy atom. The SMILES string of the molecule is CC(C)(C)OC(=O)NN(Cc1ccccc1)C(Cc1c[nH]c2ccccc12)C(=O)O. The van der Waals surface area contributed by atoms with Crippen LogP contribution in [0.4, 0.5) is 4.79 Å². The van der Waals surface area contributed by atoms with Gasteiger partial charge in [0.15, 0.2) is 0 Å². The highest BCUT2D eigenvalue weighted by atomic mass is 16.6. The first-order valence-corrected chi connectivity index (χ1v) is 9.81. The van der Waals surface area contributed by atoms with Crippen LogP contribution in [0.2, 0.25) is 0 Å². The standard InChI is InChI=1S/C23H27N3O4/c1-23(2,3)30-22(29)25-26(15-16-9-5-4-6-10-16)20(21(27)28)13-17-14-24-19-12-8-7-11-18(17)19/h4-12,14,20,24H,13,15H2,1-3H3,(H,25,29)(H,27,28). The highest BCUT2D eigenvalue weighted by Crippen LogP contribution is 2.21. The van der Waals surface area contributed by atoms with Gasteiger partial charge in [0.2, 0.25) is 0 Å². The zero-order valence-corrected chi connectivity index (χ0v) is 17.4. The minimum atomic E-state index is -1.03. The fraction of sp³-hybridized carbons (Fsp3) is 0.304. The summed E-state index contributed by atoms with van der Waals surface area (Å²) >= 11 is 0. The molecule has 3 rings (SSSR count). The Labute approximate surface area is 175 Å². The molecule has 30 heavy (non-hydrogen) atoms. The summed E-state index contributed by atoms with van der Waals surface area (Å²) in [5.74, 6) is -1.03. The van der Waals surface area contributed by atoms with Crippen molar-refractivity contribution in [3.05, 3.63) is 71.9 Å². The number of ether oxygens (including phenoxy) is 1. The number of aromatic amines is 1. The van der Waals surface area contributed by atoms with Gasteiger partial charge in [-0.25, -0.2) is 4.79 Å². The molecule has 3 aromatic rings. The largest absolute Gasteiger partial charge is 0.480 e. The van der Waals surface area contributed by atoms with Crippen LogP contribution in [0.5, 0.6) is 0 Å². The molecule has 7 heteroatoms. The molecule has 1 aromatic heterocycles. The van der Waals surface area contributed by atoms with Crippen LogP contribution in [0.15, 0.2) is 60.8 Å². The van der Waals surface area contributed by atoms with Crippen LogP contribution in [0, 0.1) is 0 Å². The van der Waals surface area contributed by atoms with E-state index in [-0.39, 0.29) is 13.0 Å². The van der Waals surface area contributed by atoms with Crippen LogP contribution >= 0.6 is 0 Å². The predicted octanol–water partition coefficient (Wildman–Crippen LogP) is 4.11. The van der Waals surface area contributed by atoms with Gasteiger partial charge in [-0.3, -0.25) is 10.2 Å². The first kappa shape index (κ1) is 21.4. The number of carboxylic acids is 1. The molecule has 1 atom stereocenters. The van der Waals surface area contributed by atoms with Crippen LogP contribution in [0.25, 0.3) is 10.9 Å². The number of aromatic nitrogens is 1. The molecule has 0 aliphatic rings. The number of hydrogen-bond donors (Lipinski definition) is 3. The summed E-state index contributed by atoms with van der Waals surface area (Å²) in [7, 11) is 0. The third-order valence-corrected chi connectivity index (χ3v) is 4.58. The number of fused-ring (bicyclic) bond motifs is 1. The average molecular weight is 409 g/mol. The average Bonchev–Trinajstić information content (AvgIpc) is 3.08. The zero-order chi connectivity index (χ0) is 21.7. The highest BCUT2D eigenvalue weighted by molar-refractivity contribution is 5.84. The van der Waals surface area contributed by atoms with Crippen LogP contribution in [0.3, 0.4) is 0 Å². The van der Waals surface area contributed by atoms with Crippen molar-refractivity contribution in [2.75, 3.05) is 0 Å². The minimum Gasteiger partial charge on any atom is -0.480 e. The number of rotatable bonds is 7. The molecule has 3 N–H and O–H groups in total. The van der Waals surface area contributed by atoms with Gasteiger partial charge in [0.25, 0.3) is 0 Å². The van der Waals surface area contributed by atoms with E-state index in [4.69, 9.17) is 4.74 Å². The second-order valence-corrected chi connectivity index (χ2v) is 8.14.